The van der Waals surface area contributed by atoms with Gasteiger partial charge < -0.3 is 14.7 Å². The third kappa shape index (κ3) is 3.50. The van der Waals surface area contributed by atoms with Gasteiger partial charge in [-0.1, -0.05) is 6.07 Å². The van der Waals surface area contributed by atoms with Crippen molar-refractivity contribution in [2.75, 3.05) is 13.1 Å². The molecule has 2 atom stereocenters. The van der Waals surface area contributed by atoms with Gasteiger partial charge in [-0.15, -0.1) is 0 Å². The summed E-state index contributed by atoms with van der Waals surface area (Å²) in [6.07, 6.45) is 1.22. The van der Waals surface area contributed by atoms with Crippen molar-refractivity contribution in [2.24, 2.45) is 7.05 Å². The van der Waals surface area contributed by atoms with E-state index in [1.165, 1.54) is 0 Å². The van der Waals surface area contributed by atoms with Crippen LogP contribution in [0, 0.1) is 6.92 Å². The van der Waals surface area contributed by atoms with E-state index in [-0.39, 0.29) is 18.6 Å². The van der Waals surface area contributed by atoms with Crippen LogP contribution in [0.5, 0.6) is 5.75 Å². The summed E-state index contributed by atoms with van der Waals surface area (Å²) >= 11 is 0. The zero-order valence-electron chi connectivity index (χ0n) is 15.4. The Hall–Kier alpha value is -2.93. The predicted molar refractivity (Wildman–Crippen MR) is 101 cm³/mol. The van der Waals surface area contributed by atoms with Gasteiger partial charge in [0.25, 0.3) is 5.91 Å². The number of hydrogen-bond donors (Lipinski definition) is 1. The van der Waals surface area contributed by atoms with Gasteiger partial charge >= 0.3 is 0 Å². The predicted octanol–water partition coefficient (Wildman–Crippen LogP) is 1.93. The first-order valence-electron chi connectivity index (χ1n) is 9.01. The van der Waals surface area contributed by atoms with Crippen LogP contribution in [0.3, 0.4) is 0 Å². The van der Waals surface area contributed by atoms with E-state index in [0.29, 0.717) is 24.4 Å². The van der Waals surface area contributed by atoms with Crippen LogP contribution in [0.1, 0.15) is 22.6 Å². The molecule has 0 aliphatic carbocycles. The summed E-state index contributed by atoms with van der Waals surface area (Å²) in [5.41, 5.74) is 2.23. The van der Waals surface area contributed by atoms with E-state index in [9.17, 15) is 9.90 Å². The molecule has 0 saturated carbocycles. The molecule has 1 aliphatic heterocycles. The van der Waals surface area contributed by atoms with Crippen LogP contribution < -0.4 is 4.74 Å². The molecule has 1 amide bonds. The number of fused-ring (bicyclic) bond motifs is 1. The molecule has 27 heavy (non-hydrogen) atoms. The minimum atomic E-state index is -0.749. The van der Waals surface area contributed by atoms with Crippen molar-refractivity contribution in [3.05, 3.63) is 54.0 Å². The number of ether oxygens (including phenoxy) is 1. The highest BCUT2D eigenvalue weighted by Crippen LogP contribution is 2.24. The van der Waals surface area contributed by atoms with Crippen LogP contribution in [0.25, 0.3) is 10.9 Å². The number of likely N-dealkylation sites (tertiary alicyclic amines) is 1. The molecule has 1 fully saturated rings. The van der Waals surface area contributed by atoms with Crippen LogP contribution in [0.4, 0.5) is 0 Å². The lowest BCUT2D eigenvalue weighted by Gasteiger charge is -2.35. The smallest absolute Gasteiger partial charge is 0.272 e. The Morgan fingerprint density at radius 3 is 2.89 bits per heavy atom. The fourth-order valence-corrected chi connectivity index (χ4v) is 3.51. The fourth-order valence-electron chi connectivity index (χ4n) is 3.51. The number of hydrogen-bond acceptors (Lipinski definition) is 5. The van der Waals surface area contributed by atoms with Gasteiger partial charge in [0.15, 0.2) is 0 Å². The maximum Gasteiger partial charge on any atom is 0.272 e. The summed E-state index contributed by atoms with van der Waals surface area (Å²) in [4.78, 5) is 18.6. The van der Waals surface area contributed by atoms with Crippen molar-refractivity contribution >= 4 is 16.8 Å². The molecule has 4 rings (SSSR count). The molecule has 1 saturated heterocycles. The third-order valence-electron chi connectivity index (χ3n) is 4.89. The number of aryl methyl sites for hydroxylation is 2. The Kier molecular flexibility index (Phi) is 4.53. The fraction of sp³-hybridized carbons (Fsp3) is 0.350. The number of carbonyl (C=O) groups is 1. The highest BCUT2D eigenvalue weighted by molar-refractivity contribution is 5.92. The second-order valence-electron chi connectivity index (χ2n) is 6.92. The van der Waals surface area contributed by atoms with Crippen molar-refractivity contribution in [3.63, 3.8) is 0 Å². The number of nitrogens with zero attached hydrogens (tertiary/aromatic N) is 4. The molecule has 0 radical (unpaired) electrons. The second kappa shape index (κ2) is 7.00. The summed E-state index contributed by atoms with van der Waals surface area (Å²) in [5, 5.41) is 15.7. The average Bonchev–Trinajstić information content (AvgIpc) is 3.01. The molecule has 1 N–H and O–H groups in total. The lowest BCUT2D eigenvalue weighted by Crippen LogP contribution is -2.51. The number of rotatable bonds is 3. The minimum absolute atomic E-state index is 0.118. The molecule has 3 heterocycles. The van der Waals surface area contributed by atoms with Gasteiger partial charge in [0, 0.05) is 31.6 Å². The molecule has 7 nitrogen and oxygen atoms in total. The third-order valence-corrected chi connectivity index (χ3v) is 4.89. The lowest BCUT2D eigenvalue weighted by molar-refractivity contribution is -0.0201. The Balaban J connectivity index is 1.43. The Labute approximate surface area is 157 Å². The number of piperidine rings is 1. The number of carbonyl (C=O) groups excluding carboxylic acids is 1. The Morgan fingerprint density at radius 1 is 1.30 bits per heavy atom. The van der Waals surface area contributed by atoms with E-state index >= 15 is 0 Å². The average molecular weight is 366 g/mol. The summed E-state index contributed by atoms with van der Waals surface area (Å²) < 4.78 is 7.58. The van der Waals surface area contributed by atoms with E-state index in [2.05, 4.69) is 10.1 Å². The molecule has 1 aromatic carbocycles. The van der Waals surface area contributed by atoms with Crippen LogP contribution in [-0.4, -0.2) is 56.0 Å². The van der Waals surface area contributed by atoms with Crippen LogP contribution >= 0.6 is 0 Å². The standard InChI is InChI=1S/C20H22N4O3/c1-13-10-17(23(2)22-13)20(26)24-9-7-19(18(25)12-24)27-15-5-6-16-14(11-15)4-3-8-21-16/h3-6,8,10-11,18-19,25H,7,9,12H2,1-2H3/t18-,19-/m1/s1. The van der Waals surface area contributed by atoms with Crippen LogP contribution in [0.15, 0.2) is 42.6 Å². The molecular formula is C20H22N4O3. The first-order chi connectivity index (χ1) is 13.0. The van der Waals surface area contributed by atoms with E-state index in [0.717, 1.165) is 16.6 Å². The van der Waals surface area contributed by atoms with Crippen molar-refractivity contribution in [1.29, 1.82) is 0 Å². The number of benzene rings is 1. The summed E-state index contributed by atoms with van der Waals surface area (Å²) in [5.74, 6) is 0.578. The number of amides is 1. The minimum Gasteiger partial charge on any atom is -0.488 e. The lowest BCUT2D eigenvalue weighted by atomic mass is 10.0. The highest BCUT2D eigenvalue weighted by atomic mass is 16.5. The van der Waals surface area contributed by atoms with Gasteiger partial charge in [0.05, 0.1) is 17.8 Å². The zero-order chi connectivity index (χ0) is 19.0. The molecular weight excluding hydrogens is 344 g/mol. The van der Waals surface area contributed by atoms with Crippen LogP contribution in [0.2, 0.25) is 0 Å². The van der Waals surface area contributed by atoms with E-state index < -0.39 is 6.10 Å². The monoisotopic (exact) mass is 366 g/mol. The largest absolute Gasteiger partial charge is 0.488 e. The quantitative estimate of drug-likeness (QED) is 0.766. The van der Waals surface area contributed by atoms with Crippen molar-refractivity contribution < 1.29 is 14.6 Å². The molecule has 1 aliphatic rings. The van der Waals surface area contributed by atoms with Gasteiger partial charge in [-0.05, 0) is 37.3 Å². The van der Waals surface area contributed by atoms with Gasteiger partial charge in [-0.25, -0.2) is 0 Å². The summed E-state index contributed by atoms with van der Waals surface area (Å²) in [6.45, 7) is 2.62. The topological polar surface area (TPSA) is 80.5 Å². The first-order valence-corrected chi connectivity index (χ1v) is 9.01. The zero-order valence-corrected chi connectivity index (χ0v) is 15.4. The SMILES string of the molecule is Cc1cc(C(=O)N2CC[C@@H](Oc3ccc4ncccc4c3)[C@H](O)C2)n(C)n1. The Morgan fingerprint density at radius 2 is 2.15 bits per heavy atom. The van der Waals surface area contributed by atoms with E-state index in [4.69, 9.17) is 4.74 Å². The van der Waals surface area contributed by atoms with Gasteiger partial charge in [0.1, 0.15) is 23.7 Å². The molecule has 140 valence electrons. The summed E-state index contributed by atoms with van der Waals surface area (Å²) in [7, 11) is 1.75. The molecule has 0 unspecified atom stereocenters. The number of β-amino-alcohol motifs (C(OH)–C–C–N with tert-alkyl or cyclic N) is 1. The van der Waals surface area contributed by atoms with E-state index in [1.54, 1.807) is 28.9 Å². The Bertz CT molecular complexity index is 984. The first kappa shape index (κ1) is 17.5. The molecule has 2 aromatic heterocycles. The van der Waals surface area contributed by atoms with Crippen molar-refractivity contribution in [1.82, 2.24) is 19.7 Å². The molecule has 7 heteroatoms. The molecule has 3 aromatic rings. The summed E-state index contributed by atoms with van der Waals surface area (Å²) in [6, 6.07) is 11.3. The number of aliphatic hydroxyl groups excluding tert-OH is 1. The normalized spacial score (nSPS) is 20.0. The number of aliphatic hydroxyl groups is 1. The maximum absolute atomic E-state index is 12.7. The van der Waals surface area contributed by atoms with Gasteiger partial charge in [-0.3, -0.25) is 14.5 Å². The van der Waals surface area contributed by atoms with Gasteiger partial charge in [-0.2, -0.15) is 5.10 Å². The molecule has 0 spiro atoms. The second-order valence-corrected chi connectivity index (χ2v) is 6.92. The number of pyridine rings is 1. The van der Waals surface area contributed by atoms with Gasteiger partial charge in [0.2, 0.25) is 0 Å². The highest BCUT2D eigenvalue weighted by Gasteiger charge is 2.33. The molecule has 0 bridgehead atoms. The van der Waals surface area contributed by atoms with Crippen molar-refractivity contribution in [3.8, 4) is 5.75 Å². The van der Waals surface area contributed by atoms with E-state index in [1.807, 2.05) is 37.3 Å². The number of aromatic nitrogens is 3. The van der Waals surface area contributed by atoms with Crippen molar-refractivity contribution in [2.45, 2.75) is 25.6 Å². The van der Waals surface area contributed by atoms with Crippen LogP contribution in [-0.2, 0) is 7.05 Å². The maximum atomic E-state index is 12.7.